The predicted molar refractivity (Wildman–Crippen MR) is 88.5 cm³/mol. The van der Waals surface area contributed by atoms with Crippen molar-refractivity contribution in [1.82, 2.24) is 9.47 Å². The Morgan fingerprint density at radius 2 is 1.90 bits per heavy atom. The van der Waals surface area contributed by atoms with Crippen LogP contribution in [0.5, 0.6) is 0 Å². The standard InChI is InChI=1S/C16H21N3S/c1-17-10-14-15(18(2)12-17)11-19(8-9-20)16(14)13-6-4-3-5-7-13/h3-7,11,20H,8-10,12H2,1-2H3. The Balaban J connectivity index is 2.16. The Labute approximate surface area is 126 Å². The van der Waals surface area contributed by atoms with E-state index in [4.69, 9.17) is 0 Å². The van der Waals surface area contributed by atoms with Crippen molar-refractivity contribution in [3.8, 4) is 11.3 Å². The second kappa shape index (κ2) is 5.54. The molecular formula is C16H21N3S. The van der Waals surface area contributed by atoms with Gasteiger partial charge in [0.1, 0.15) is 0 Å². The highest BCUT2D eigenvalue weighted by Gasteiger charge is 2.24. The average Bonchev–Trinajstić information content (AvgIpc) is 2.79. The van der Waals surface area contributed by atoms with E-state index in [0.29, 0.717) is 0 Å². The highest BCUT2D eigenvalue weighted by molar-refractivity contribution is 7.80. The van der Waals surface area contributed by atoms with Gasteiger partial charge in [0.05, 0.1) is 18.1 Å². The molecule has 3 nitrogen and oxygen atoms in total. The van der Waals surface area contributed by atoms with Crippen LogP contribution in [0.15, 0.2) is 36.5 Å². The molecule has 0 N–H and O–H groups in total. The van der Waals surface area contributed by atoms with Crippen LogP contribution in [0.25, 0.3) is 11.3 Å². The van der Waals surface area contributed by atoms with E-state index in [1.807, 2.05) is 0 Å². The topological polar surface area (TPSA) is 11.4 Å². The van der Waals surface area contributed by atoms with Crippen LogP contribution in [0.2, 0.25) is 0 Å². The number of aryl methyl sites for hydroxylation is 1. The summed E-state index contributed by atoms with van der Waals surface area (Å²) < 4.78 is 2.35. The van der Waals surface area contributed by atoms with Gasteiger partial charge in [-0.15, -0.1) is 0 Å². The molecule has 0 saturated heterocycles. The molecule has 20 heavy (non-hydrogen) atoms. The molecule has 0 saturated carbocycles. The van der Waals surface area contributed by atoms with Gasteiger partial charge in [-0.3, -0.25) is 4.90 Å². The van der Waals surface area contributed by atoms with Crippen molar-refractivity contribution in [2.24, 2.45) is 0 Å². The number of hydrogen-bond acceptors (Lipinski definition) is 3. The van der Waals surface area contributed by atoms with Gasteiger partial charge in [0.25, 0.3) is 0 Å². The number of hydrogen-bond donors (Lipinski definition) is 1. The summed E-state index contributed by atoms with van der Waals surface area (Å²) in [7, 11) is 4.33. The van der Waals surface area contributed by atoms with Crippen molar-refractivity contribution in [2.75, 3.05) is 31.4 Å². The summed E-state index contributed by atoms with van der Waals surface area (Å²) in [6.07, 6.45) is 2.28. The molecule has 0 radical (unpaired) electrons. The van der Waals surface area contributed by atoms with E-state index < -0.39 is 0 Å². The lowest BCUT2D eigenvalue weighted by molar-refractivity contribution is 0.317. The van der Waals surface area contributed by atoms with Gasteiger partial charge < -0.3 is 9.47 Å². The molecule has 3 rings (SSSR count). The smallest absolute Gasteiger partial charge is 0.0704 e. The van der Waals surface area contributed by atoms with Gasteiger partial charge in [0.2, 0.25) is 0 Å². The minimum absolute atomic E-state index is 0.854. The SMILES string of the molecule is CN1Cc2c(cn(CCS)c2-c2ccccc2)N(C)C1. The van der Waals surface area contributed by atoms with Gasteiger partial charge in [-0.2, -0.15) is 12.6 Å². The van der Waals surface area contributed by atoms with Crippen LogP contribution in [0, 0.1) is 0 Å². The summed E-state index contributed by atoms with van der Waals surface area (Å²) in [4.78, 5) is 4.67. The van der Waals surface area contributed by atoms with E-state index in [2.05, 4.69) is 77.6 Å². The van der Waals surface area contributed by atoms with Gasteiger partial charge in [0, 0.05) is 37.7 Å². The number of rotatable bonds is 3. The first-order valence-corrected chi connectivity index (χ1v) is 7.62. The zero-order valence-electron chi connectivity index (χ0n) is 12.1. The number of nitrogens with zero attached hydrogens (tertiary/aromatic N) is 3. The van der Waals surface area contributed by atoms with Crippen LogP contribution in [-0.2, 0) is 13.1 Å². The third kappa shape index (κ3) is 2.34. The fourth-order valence-electron chi connectivity index (χ4n) is 3.05. The minimum atomic E-state index is 0.854. The van der Waals surface area contributed by atoms with Crippen molar-refractivity contribution >= 4 is 18.3 Å². The lowest BCUT2D eigenvalue weighted by Gasteiger charge is -2.32. The van der Waals surface area contributed by atoms with Crippen LogP contribution in [0.3, 0.4) is 0 Å². The summed E-state index contributed by atoms with van der Waals surface area (Å²) in [5, 5.41) is 0. The lowest BCUT2D eigenvalue weighted by atomic mass is 10.1. The molecule has 1 aliphatic rings. The number of fused-ring (bicyclic) bond motifs is 1. The molecule has 0 amide bonds. The maximum atomic E-state index is 4.40. The highest BCUT2D eigenvalue weighted by atomic mass is 32.1. The summed E-state index contributed by atoms with van der Waals surface area (Å²) in [5.74, 6) is 0.854. The molecule has 1 aromatic carbocycles. The number of aromatic nitrogens is 1. The summed E-state index contributed by atoms with van der Waals surface area (Å²) in [5.41, 5.74) is 5.41. The van der Waals surface area contributed by atoms with Gasteiger partial charge in [0.15, 0.2) is 0 Å². The Bertz CT molecular complexity index is 591. The third-order valence-electron chi connectivity index (χ3n) is 3.84. The van der Waals surface area contributed by atoms with E-state index in [1.165, 1.54) is 22.5 Å². The van der Waals surface area contributed by atoms with Crippen LogP contribution in [0.4, 0.5) is 5.69 Å². The van der Waals surface area contributed by atoms with Crippen molar-refractivity contribution in [1.29, 1.82) is 0 Å². The molecule has 0 atom stereocenters. The van der Waals surface area contributed by atoms with Crippen LogP contribution in [0.1, 0.15) is 5.56 Å². The van der Waals surface area contributed by atoms with E-state index in [1.54, 1.807) is 0 Å². The molecule has 0 spiro atoms. The first kappa shape index (κ1) is 13.6. The monoisotopic (exact) mass is 287 g/mol. The summed E-state index contributed by atoms with van der Waals surface area (Å²) in [6.45, 7) is 2.92. The molecular weight excluding hydrogens is 266 g/mol. The molecule has 1 aliphatic heterocycles. The van der Waals surface area contributed by atoms with Crippen LogP contribution >= 0.6 is 12.6 Å². The minimum Gasteiger partial charge on any atom is -0.360 e. The van der Waals surface area contributed by atoms with Crippen molar-refractivity contribution in [3.05, 3.63) is 42.1 Å². The quantitative estimate of drug-likeness (QED) is 0.871. The largest absolute Gasteiger partial charge is 0.360 e. The van der Waals surface area contributed by atoms with Crippen molar-refractivity contribution < 1.29 is 0 Å². The first-order chi connectivity index (χ1) is 9.70. The van der Waals surface area contributed by atoms with E-state index in [9.17, 15) is 0 Å². The number of benzene rings is 1. The molecule has 106 valence electrons. The molecule has 2 heterocycles. The maximum absolute atomic E-state index is 4.40. The number of anilines is 1. The van der Waals surface area contributed by atoms with Crippen LogP contribution < -0.4 is 4.90 Å². The second-order valence-electron chi connectivity index (χ2n) is 5.48. The molecule has 0 bridgehead atoms. The molecule has 0 fully saturated rings. The second-order valence-corrected chi connectivity index (χ2v) is 5.93. The normalized spacial score (nSPS) is 15.4. The fraction of sp³-hybridized carbons (Fsp3) is 0.375. The molecule has 4 heteroatoms. The average molecular weight is 287 g/mol. The van der Waals surface area contributed by atoms with E-state index >= 15 is 0 Å². The van der Waals surface area contributed by atoms with E-state index in [-0.39, 0.29) is 0 Å². The maximum Gasteiger partial charge on any atom is 0.0704 e. The van der Waals surface area contributed by atoms with Crippen molar-refractivity contribution in [2.45, 2.75) is 13.1 Å². The Kier molecular flexibility index (Phi) is 3.76. The Hall–Kier alpha value is -1.39. The highest BCUT2D eigenvalue weighted by Crippen LogP contribution is 2.36. The zero-order valence-corrected chi connectivity index (χ0v) is 13.0. The summed E-state index contributed by atoms with van der Waals surface area (Å²) >= 11 is 4.40. The third-order valence-corrected chi connectivity index (χ3v) is 4.04. The summed E-state index contributed by atoms with van der Waals surface area (Å²) in [6, 6.07) is 10.7. The molecule has 1 aromatic heterocycles. The molecule has 0 aliphatic carbocycles. The van der Waals surface area contributed by atoms with Gasteiger partial charge in [-0.05, 0) is 12.6 Å². The molecule has 2 aromatic rings. The van der Waals surface area contributed by atoms with E-state index in [0.717, 1.165) is 25.5 Å². The lowest BCUT2D eigenvalue weighted by Crippen LogP contribution is -2.37. The van der Waals surface area contributed by atoms with Gasteiger partial charge in [-0.25, -0.2) is 0 Å². The fourth-order valence-corrected chi connectivity index (χ4v) is 3.26. The Morgan fingerprint density at radius 3 is 2.60 bits per heavy atom. The number of thiol groups is 1. The zero-order chi connectivity index (χ0) is 14.1. The predicted octanol–water partition coefficient (Wildman–Crippen LogP) is 2.92. The Morgan fingerprint density at radius 1 is 1.15 bits per heavy atom. The molecule has 0 unspecified atom stereocenters. The van der Waals surface area contributed by atoms with Gasteiger partial charge in [-0.1, -0.05) is 30.3 Å². The van der Waals surface area contributed by atoms with Crippen LogP contribution in [-0.4, -0.2) is 36.0 Å². The first-order valence-electron chi connectivity index (χ1n) is 6.98. The van der Waals surface area contributed by atoms with Gasteiger partial charge >= 0.3 is 0 Å². The van der Waals surface area contributed by atoms with Crippen molar-refractivity contribution in [3.63, 3.8) is 0 Å².